The van der Waals surface area contributed by atoms with Crippen LogP contribution in [0.3, 0.4) is 0 Å². The van der Waals surface area contributed by atoms with E-state index in [9.17, 15) is 0 Å². The van der Waals surface area contributed by atoms with Gasteiger partial charge in [-0.1, -0.05) is 38.0 Å². The Hall–Kier alpha value is -1.02. The Morgan fingerprint density at radius 3 is 2.78 bits per heavy atom. The van der Waals surface area contributed by atoms with Crippen LogP contribution in [0.4, 0.5) is 5.69 Å². The van der Waals surface area contributed by atoms with E-state index < -0.39 is 0 Å². The van der Waals surface area contributed by atoms with E-state index in [-0.39, 0.29) is 0 Å². The summed E-state index contributed by atoms with van der Waals surface area (Å²) in [5.74, 6) is 0.642. The minimum Gasteiger partial charge on any atom is -0.382 e. The van der Waals surface area contributed by atoms with Gasteiger partial charge in [-0.05, 0) is 49.8 Å². The number of nitrogens with two attached hydrogens (primary N) is 1. The van der Waals surface area contributed by atoms with Crippen molar-refractivity contribution in [2.45, 2.75) is 52.0 Å². The average Bonchev–Trinajstić information content (AvgIpc) is 2.41. The Kier molecular flexibility index (Phi) is 4.65. The van der Waals surface area contributed by atoms with Gasteiger partial charge in [-0.3, -0.25) is 0 Å². The van der Waals surface area contributed by atoms with Gasteiger partial charge in [0.15, 0.2) is 0 Å². The van der Waals surface area contributed by atoms with E-state index in [1.54, 1.807) is 0 Å². The molecular weight excluding hydrogens is 220 g/mol. The lowest BCUT2D eigenvalue weighted by Crippen LogP contribution is -2.37. The largest absolute Gasteiger partial charge is 0.382 e. The summed E-state index contributed by atoms with van der Waals surface area (Å²) in [4.78, 5) is 0. The molecule has 0 heterocycles. The minimum atomic E-state index is 0.565. The molecule has 18 heavy (non-hydrogen) atoms. The molecule has 0 radical (unpaired) electrons. The zero-order chi connectivity index (χ0) is 13.0. The molecule has 0 aliphatic heterocycles. The van der Waals surface area contributed by atoms with Crippen LogP contribution in [-0.2, 0) is 6.42 Å². The van der Waals surface area contributed by atoms with E-state index >= 15 is 0 Å². The van der Waals surface area contributed by atoms with Gasteiger partial charge in [0.25, 0.3) is 0 Å². The van der Waals surface area contributed by atoms with Gasteiger partial charge in [0.05, 0.1) is 0 Å². The molecule has 0 saturated heterocycles. The standard InChI is InChI=1S/C16H26N2/c1-3-13-9-6-7-12(2)16(13)18-15-10-5-4-8-14(15)11-17/h6-7,9,14-15,18H,3-5,8,10-11,17H2,1-2H3. The van der Waals surface area contributed by atoms with Gasteiger partial charge in [-0.15, -0.1) is 0 Å². The third-order valence-corrected chi connectivity index (χ3v) is 4.28. The smallest absolute Gasteiger partial charge is 0.0404 e. The van der Waals surface area contributed by atoms with Gasteiger partial charge < -0.3 is 11.1 Å². The third-order valence-electron chi connectivity index (χ3n) is 4.28. The second kappa shape index (κ2) is 6.24. The van der Waals surface area contributed by atoms with Gasteiger partial charge in [0.2, 0.25) is 0 Å². The third kappa shape index (κ3) is 2.86. The van der Waals surface area contributed by atoms with Crippen LogP contribution in [0.5, 0.6) is 0 Å². The average molecular weight is 246 g/mol. The molecule has 1 aromatic rings. The highest BCUT2D eigenvalue weighted by Crippen LogP contribution is 2.29. The molecule has 1 aliphatic rings. The highest BCUT2D eigenvalue weighted by molar-refractivity contribution is 5.58. The molecule has 2 atom stereocenters. The second-order valence-corrected chi connectivity index (χ2v) is 5.49. The van der Waals surface area contributed by atoms with Crippen LogP contribution >= 0.6 is 0 Å². The summed E-state index contributed by atoms with van der Waals surface area (Å²) in [6, 6.07) is 7.15. The van der Waals surface area contributed by atoms with Crippen LogP contribution in [0.2, 0.25) is 0 Å². The lowest BCUT2D eigenvalue weighted by Gasteiger charge is -2.33. The highest BCUT2D eigenvalue weighted by atomic mass is 14.9. The summed E-state index contributed by atoms with van der Waals surface area (Å²) in [5, 5.41) is 3.79. The maximum atomic E-state index is 5.92. The lowest BCUT2D eigenvalue weighted by molar-refractivity contribution is 0.332. The monoisotopic (exact) mass is 246 g/mol. The first-order chi connectivity index (χ1) is 8.76. The summed E-state index contributed by atoms with van der Waals surface area (Å²) in [6.07, 6.45) is 6.31. The zero-order valence-electron chi connectivity index (χ0n) is 11.7. The fraction of sp³-hybridized carbons (Fsp3) is 0.625. The molecule has 100 valence electrons. The number of hydrogen-bond acceptors (Lipinski definition) is 2. The Bertz CT molecular complexity index is 387. The fourth-order valence-corrected chi connectivity index (χ4v) is 3.09. The summed E-state index contributed by atoms with van der Waals surface area (Å²) < 4.78 is 0. The van der Waals surface area contributed by atoms with Crippen LogP contribution in [0, 0.1) is 12.8 Å². The molecular formula is C16H26N2. The molecule has 2 rings (SSSR count). The Morgan fingerprint density at radius 1 is 1.28 bits per heavy atom. The number of rotatable bonds is 4. The molecule has 0 spiro atoms. The highest BCUT2D eigenvalue weighted by Gasteiger charge is 2.24. The lowest BCUT2D eigenvalue weighted by atomic mass is 9.84. The van der Waals surface area contributed by atoms with Crippen molar-refractivity contribution < 1.29 is 0 Å². The van der Waals surface area contributed by atoms with Crippen molar-refractivity contribution >= 4 is 5.69 Å². The van der Waals surface area contributed by atoms with Crippen molar-refractivity contribution in [2.75, 3.05) is 11.9 Å². The van der Waals surface area contributed by atoms with Gasteiger partial charge in [0.1, 0.15) is 0 Å². The molecule has 2 heteroatoms. The maximum absolute atomic E-state index is 5.92. The van der Waals surface area contributed by atoms with E-state index in [0.29, 0.717) is 12.0 Å². The van der Waals surface area contributed by atoms with Crippen molar-refractivity contribution in [1.82, 2.24) is 0 Å². The summed E-state index contributed by atoms with van der Waals surface area (Å²) >= 11 is 0. The van der Waals surface area contributed by atoms with Crippen molar-refractivity contribution in [3.8, 4) is 0 Å². The van der Waals surface area contributed by atoms with Crippen molar-refractivity contribution in [3.05, 3.63) is 29.3 Å². The van der Waals surface area contributed by atoms with Gasteiger partial charge in [-0.2, -0.15) is 0 Å². The van der Waals surface area contributed by atoms with E-state index in [1.165, 1.54) is 42.5 Å². The summed E-state index contributed by atoms with van der Waals surface area (Å²) in [7, 11) is 0. The molecule has 1 fully saturated rings. The molecule has 1 aliphatic carbocycles. The van der Waals surface area contributed by atoms with E-state index in [1.807, 2.05) is 0 Å². The minimum absolute atomic E-state index is 0.565. The van der Waals surface area contributed by atoms with Crippen molar-refractivity contribution in [1.29, 1.82) is 0 Å². The molecule has 3 N–H and O–H groups in total. The van der Waals surface area contributed by atoms with E-state index in [2.05, 4.69) is 37.4 Å². The van der Waals surface area contributed by atoms with Gasteiger partial charge in [0, 0.05) is 11.7 Å². The predicted molar refractivity (Wildman–Crippen MR) is 79.0 cm³/mol. The number of para-hydroxylation sites is 1. The van der Waals surface area contributed by atoms with Crippen LogP contribution in [0.15, 0.2) is 18.2 Å². The van der Waals surface area contributed by atoms with Crippen LogP contribution in [0.1, 0.15) is 43.7 Å². The summed E-state index contributed by atoms with van der Waals surface area (Å²) in [5.41, 5.74) is 10.1. The van der Waals surface area contributed by atoms with Crippen molar-refractivity contribution in [2.24, 2.45) is 11.7 Å². The Labute approximate surface area is 111 Å². The molecule has 1 saturated carbocycles. The topological polar surface area (TPSA) is 38.0 Å². The van der Waals surface area contributed by atoms with Gasteiger partial charge >= 0.3 is 0 Å². The zero-order valence-corrected chi connectivity index (χ0v) is 11.7. The molecule has 0 aromatic heterocycles. The normalized spacial score (nSPS) is 23.9. The Balaban J connectivity index is 2.17. The number of aryl methyl sites for hydroxylation is 2. The van der Waals surface area contributed by atoms with E-state index in [0.717, 1.165) is 13.0 Å². The van der Waals surface area contributed by atoms with Crippen molar-refractivity contribution in [3.63, 3.8) is 0 Å². The van der Waals surface area contributed by atoms with Crippen LogP contribution < -0.4 is 11.1 Å². The molecule has 2 unspecified atom stereocenters. The first-order valence-electron chi connectivity index (χ1n) is 7.31. The fourth-order valence-electron chi connectivity index (χ4n) is 3.09. The van der Waals surface area contributed by atoms with Crippen LogP contribution in [0.25, 0.3) is 0 Å². The van der Waals surface area contributed by atoms with Gasteiger partial charge in [-0.25, -0.2) is 0 Å². The molecule has 1 aromatic carbocycles. The number of benzene rings is 1. The first kappa shape index (κ1) is 13.4. The molecule has 0 bridgehead atoms. The Morgan fingerprint density at radius 2 is 2.06 bits per heavy atom. The number of hydrogen-bond donors (Lipinski definition) is 2. The number of nitrogens with one attached hydrogen (secondary N) is 1. The SMILES string of the molecule is CCc1cccc(C)c1NC1CCCCC1CN. The second-order valence-electron chi connectivity index (χ2n) is 5.49. The predicted octanol–water partition coefficient (Wildman–Crippen LogP) is 3.49. The number of anilines is 1. The van der Waals surface area contributed by atoms with E-state index in [4.69, 9.17) is 5.73 Å². The molecule has 0 amide bonds. The maximum Gasteiger partial charge on any atom is 0.0404 e. The molecule has 2 nitrogen and oxygen atoms in total. The first-order valence-corrected chi connectivity index (χ1v) is 7.31. The summed E-state index contributed by atoms with van der Waals surface area (Å²) in [6.45, 7) is 5.23. The quantitative estimate of drug-likeness (QED) is 0.853. The van der Waals surface area contributed by atoms with Crippen LogP contribution in [-0.4, -0.2) is 12.6 Å².